The van der Waals surface area contributed by atoms with Crippen LogP contribution in [-0.2, 0) is 0 Å². The summed E-state index contributed by atoms with van der Waals surface area (Å²) in [5.41, 5.74) is 0.404. The number of nitrogens with one attached hydrogen (secondary N) is 1. The molecule has 3 fully saturated rings. The molecule has 0 atom stereocenters. The maximum Gasteiger partial charge on any atom is 0.157 e. The predicted octanol–water partition coefficient (Wildman–Crippen LogP) is 4.60. The number of nitrogens with zero attached hydrogens (tertiary/aromatic N) is 1. The largest absolute Gasteiger partial charge is 0.359 e. The Labute approximate surface area is 128 Å². The van der Waals surface area contributed by atoms with Crippen LogP contribution in [0, 0.1) is 11.8 Å². The van der Waals surface area contributed by atoms with Gasteiger partial charge in [-0.2, -0.15) is 0 Å². The molecule has 3 heteroatoms. The summed E-state index contributed by atoms with van der Waals surface area (Å²) < 4.78 is 0. The highest BCUT2D eigenvalue weighted by molar-refractivity contribution is 8.14. The second kappa shape index (κ2) is 6.72. The van der Waals surface area contributed by atoms with E-state index in [1.165, 1.54) is 75.1 Å². The van der Waals surface area contributed by atoms with Crippen molar-refractivity contribution in [1.29, 1.82) is 0 Å². The van der Waals surface area contributed by atoms with Gasteiger partial charge < -0.3 is 5.32 Å². The summed E-state index contributed by atoms with van der Waals surface area (Å²) in [7, 11) is 0. The van der Waals surface area contributed by atoms with E-state index in [1.54, 1.807) is 0 Å². The summed E-state index contributed by atoms with van der Waals surface area (Å²) in [6.07, 6.45) is 14.1. The quantitative estimate of drug-likeness (QED) is 0.766. The van der Waals surface area contributed by atoms with Gasteiger partial charge >= 0.3 is 0 Å². The van der Waals surface area contributed by atoms with Gasteiger partial charge in [0.1, 0.15) is 0 Å². The molecule has 1 N–H and O–H groups in total. The average molecular weight is 295 g/mol. The summed E-state index contributed by atoms with van der Waals surface area (Å²) in [5.74, 6) is 3.20. The van der Waals surface area contributed by atoms with Gasteiger partial charge in [-0.05, 0) is 50.4 Å². The van der Waals surface area contributed by atoms with Gasteiger partial charge in [-0.15, -0.1) is 0 Å². The lowest BCUT2D eigenvalue weighted by Crippen LogP contribution is -2.46. The Balaban J connectivity index is 1.39. The lowest BCUT2D eigenvalue weighted by Gasteiger charge is -2.35. The SMILES string of the molecule is CC1CCC2(CC1)CSC(=NCCCC1CCCC1)N2. The van der Waals surface area contributed by atoms with E-state index in [2.05, 4.69) is 12.2 Å². The summed E-state index contributed by atoms with van der Waals surface area (Å²) in [5, 5.41) is 5.01. The first-order chi connectivity index (χ1) is 9.76. The van der Waals surface area contributed by atoms with Crippen LogP contribution in [-0.4, -0.2) is 23.0 Å². The van der Waals surface area contributed by atoms with Gasteiger partial charge in [0.05, 0.1) is 0 Å². The zero-order valence-electron chi connectivity index (χ0n) is 13.0. The van der Waals surface area contributed by atoms with Crippen molar-refractivity contribution in [2.45, 2.75) is 76.7 Å². The number of amidine groups is 1. The Morgan fingerprint density at radius 3 is 2.70 bits per heavy atom. The molecule has 0 radical (unpaired) electrons. The van der Waals surface area contributed by atoms with Crippen LogP contribution in [0.15, 0.2) is 4.99 Å². The van der Waals surface area contributed by atoms with E-state index in [0.29, 0.717) is 5.54 Å². The zero-order chi connectivity index (χ0) is 13.8. The lowest BCUT2D eigenvalue weighted by molar-refractivity contribution is 0.251. The first kappa shape index (κ1) is 14.7. The van der Waals surface area contributed by atoms with Gasteiger partial charge in [0.25, 0.3) is 0 Å². The molecule has 2 aliphatic carbocycles. The molecule has 114 valence electrons. The van der Waals surface area contributed by atoms with Gasteiger partial charge in [-0.1, -0.05) is 44.4 Å². The van der Waals surface area contributed by atoms with E-state index in [1.807, 2.05) is 11.8 Å². The third kappa shape index (κ3) is 3.72. The van der Waals surface area contributed by atoms with Gasteiger partial charge in [-0.3, -0.25) is 4.99 Å². The van der Waals surface area contributed by atoms with Crippen LogP contribution in [0.3, 0.4) is 0 Å². The fourth-order valence-electron chi connectivity index (χ4n) is 4.03. The van der Waals surface area contributed by atoms with Crippen molar-refractivity contribution >= 4 is 16.9 Å². The van der Waals surface area contributed by atoms with Crippen molar-refractivity contribution in [2.75, 3.05) is 12.3 Å². The Hall–Kier alpha value is -0.180. The van der Waals surface area contributed by atoms with E-state index in [-0.39, 0.29) is 0 Å². The molecule has 3 aliphatic rings. The number of aliphatic imine (C=N–C) groups is 1. The monoisotopic (exact) mass is 294 g/mol. The number of rotatable bonds is 4. The minimum absolute atomic E-state index is 0.404. The Kier molecular flexibility index (Phi) is 4.95. The molecule has 0 aromatic heterocycles. The zero-order valence-corrected chi connectivity index (χ0v) is 13.8. The molecule has 3 rings (SSSR count). The van der Waals surface area contributed by atoms with Crippen molar-refractivity contribution in [2.24, 2.45) is 16.8 Å². The van der Waals surface area contributed by atoms with Gasteiger partial charge in [0.2, 0.25) is 0 Å². The van der Waals surface area contributed by atoms with Crippen LogP contribution < -0.4 is 5.32 Å². The van der Waals surface area contributed by atoms with Crippen LogP contribution >= 0.6 is 11.8 Å². The van der Waals surface area contributed by atoms with E-state index < -0.39 is 0 Å². The molecule has 1 heterocycles. The fraction of sp³-hybridized carbons (Fsp3) is 0.941. The molecule has 0 amide bonds. The van der Waals surface area contributed by atoms with Crippen LogP contribution in [0.5, 0.6) is 0 Å². The first-order valence-corrected chi connectivity index (χ1v) is 9.70. The standard InChI is InChI=1S/C17H30N2S/c1-14-8-10-17(11-9-14)13-20-16(19-17)18-12-4-7-15-5-2-3-6-15/h14-15H,2-13H2,1H3,(H,18,19). The summed E-state index contributed by atoms with van der Waals surface area (Å²) in [4.78, 5) is 4.82. The normalized spacial score (nSPS) is 36.9. The summed E-state index contributed by atoms with van der Waals surface area (Å²) >= 11 is 1.97. The Morgan fingerprint density at radius 2 is 1.95 bits per heavy atom. The van der Waals surface area contributed by atoms with Crippen molar-refractivity contribution < 1.29 is 0 Å². The molecular weight excluding hydrogens is 264 g/mol. The smallest absolute Gasteiger partial charge is 0.157 e. The van der Waals surface area contributed by atoms with Crippen LogP contribution in [0.25, 0.3) is 0 Å². The van der Waals surface area contributed by atoms with Crippen LogP contribution in [0.4, 0.5) is 0 Å². The second-order valence-electron chi connectivity index (χ2n) is 7.36. The number of hydrogen-bond donors (Lipinski definition) is 1. The number of thioether (sulfide) groups is 1. The summed E-state index contributed by atoms with van der Waals surface area (Å²) in [6.45, 7) is 3.44. The average Bonchev–Trinajstić information content (AvgIpc) is 3.09. The Morgan fingerprint density at radius 1 is 1.20 bits per heavy atom. The van der Waals surface area contributed by atoms with E-state index in [9.17, 15) is 0 Å². The lowest BCUT2D eigenvalue weighted by atomic mass is 9.78. The molecule has 1 aliphatic heterocycles. The third-order valence-corrected chi connectivity index (χ3v) is 6.79. The van der Waals surface area contributed by atoms with Crippen molar-refractivity contribution in [1.82, 2.24) is 5.32 Å². The highest BCUT2D eigenvalue weighted by Crippen LogP contribution is 2.38. The van der Waals surface area contributed by atoms with Gasteiger partial charge in [0.15, 0.2) is 5.17 Å². The first-order valence-electron chi connectivity index (χ1n) is 8.71. The molecule has 2 nitrogen and oxygen atoms in total. The predicted molar refractivity (Wildman–Crippen MR) is 89.5 cm³/mol. The maximum atomic E-state index is 4.82. The molecule has 0 unspecified atom stereocenters. The summed E-state index contributed by atoms with van der Waals surface area (Å²) in [6, 6.07) is 0. The molecule has 0 bridgehead atoms. The number of hydrogen-bond acceptors (Lipinski definition) is 2. The van der Waals surface area contributed by atoms with Crippen LogP contribution in [0.1, 0.15) is 71.1 Å². The molecule has 0 aromatic rings. The highest BCUT2D eigenvalue weighted by atomic mass is 32.2. The maximum absolute atomic E-state index is 4.82. The van der Waals surface area contributed by atoms with Gasteiger partial charge in [0, 0.05) is 17.8 Å². The van der Waals surface area contributed by atoms with Crippen molar-refractivity contribution in [3.8, 4) is 0 Å². The molecule has 1 saturated heterocycles. The minimum Gasteiger partial charge on any atom is -0.359 e. The third-order valence-electron chi connectivity index (χ3n) is 5.59. The van der Waals surface area contributed by atoms with Crippen LogP contribution in [0.2, 0.25) is 0 Å². The Bertz CT molecular complexity index is 339. The van der Waals surface area contributed by atoms with Crippen molar-refractivity contribution in [3.63, 3.8) is 0 Å². The minimum atomic E-state index is 0.404. The second-order valence-corrected chi connectivity index (χ2v) is 8.32. The van der Waals surface area contributed by atoms with E-state index in [0.717, 1.165) is 18.4 Å². The fourth-order valence-corrected chi connectivity index (χ4v) is 5.28. The molecule has 2 saturated carbocycles. The molecule has 20 heavy (non-hydrogen) atoms. The molecular formula is C17H30N2S. The molecule has 1 spiro atoms. The van der Waals surface area contributed by atoms with Crippen molar-refractivity contribution in [3.05, 3.63) is 0 Å². The molecule has 0 aromatic carbocycles. The topological polar surface area (TPSA) is 24.4 Å². The highest BCUT2D eigenvalue weighted by Gasteiger charge is 2.39. The van der Waals surface area contributed by atoms with Gasteiger partial charge in [-0.25, -0.2) is 0 Å². The van der Waals surface area contributed by atoms with E-state index >= 15 is 0 Å². The van der Waals surface area contributed by atoms with E-state index in [4.69, 9.17) is 4.99 Å².